The van der Waals surface area contributed by atoms with Crippen molar-refractivity contribution in [3.05, 3.63) is 52.2 Å². The number of anilines is 1. The van der Waals surface area contributed by atoms with Gasteiger partial charge in [-0.25, -0.2) is 4.79 Å². The van der Waals surface area contributed by atoms with E-state index in [0.29, 0.717) is 19.7 Å². The Morgan fingerprint density at radius 1 is 1.33 bits per heavy atom. The minimum Gasteiger partial charge on any atom is -0.448 e. The minimum absolute atomic E-state index is 0.00925. The molecular weight excluding hydrogens is 324 g/mol. The molecule has 0 saturated carbocycles. The van der Waals surface area contributed by atoms with E-state index in [-0.39, 0.29) is 17.9 Å². The topological polar surface area (TPSA) is 58.6 Å². The van der Waals surface area contributed by atoms with E-state index in [1.54, 1.807) is 16.2 Å². The van der Waals surface area contributed by atoms with Crippen molar-refractivity contribution in [1.29, 1.82) is 0 Å². The van der Waals surface area contributed by atoms with E-state index in [1.807, 2.05) is 48.7 Å². The molecule has 1 aromatic heterocycles. The number of benzene rings is 1. The maximum atomic E-state index is 12.3. The Morgan fingerprint density at radius 3 is 2.75 bits per heavy atom. The molecule has 1 unspecified atom stereocenters. The van der Waals surface area contributed by atoms with E-state index < -0.39 is 0 Å². The third kappa shape index (κ3) is 3.94. The lowest BCUT2D eigenvalue weighted by Crippen LogP contribution is -2.26. The molecule has 24 heavy (non-hydrogen) atoms. The highest BCUT2D eigenvalue weighted by atomic mass is 32.1. The summed E-state index contributed by atoms with van der Waals surface area (Å²) in [6.45, 7) is 3.70. The van der Waals surface area contributed by atoms with E-state index in [2.05, 4.69) is 5.32 Å². The predicted octanol–water partition coefficient (Wildman–Crippen LogP) is 3.49. The molecule has 0 spiro atoms. The number of thiophene rings is 1. The smallest absolute Gasteiger partial charge is 0.409 e. The molecule has 0 bridgehead atoms. The standard InChI is InChI=1S/C18H20N2O3S/c1-13(16-3-2-12-24-16)17(21)19-15-6-4-14(5-7-15)8-9-20-10-11-23-18(20)22/h2-7,12-13H,8-11H2,1H3,(H,19,21). The molecule has 1 fully saturated rings. The van der Waals surface area contributed by atoms with Crippen LogP contribution in [0.1, 0.15) is 23.3 Å². The normalized spacial score (nSPS) is 15.2. The largest absolute Gasteiger partial charge is 0.448 e. The maximum Gasteiger partial charge on any atom is 0.409 e. The van der Waals surface area contributed by atoms with Gasteiger partial charge in [0.25, 0.3) is 0 Å². The summed E-state index contributed by atoms with van der Waals surface area (Å²) < 4.78 is 4.91. The van der Waals surface area contributed by atoms with Crippen LogP contribution in [0.5, 0.6) is 0 Å². The zero-order valence-corrected chi connectivity index (χ0v) is 14.3. The van der Waals surface area contributed by atoms with Crippen molar-refractivity contribution in [3.63, 3.8) is 0 Å². The number of hydrogen-bond acceptors (Lipinski definition) is 4. The van der Waals surface area contributed by atoms with Gasteiger partial charge in [-0.05, 0) is 42.5 Å². The molecule has 2 amide bonds. The van der Waals surface area contributed by atoms with Crippen molar-refractivity contribution >= 4 is 29.0 Å². The molecule has 5 nitrogen and oxygen atoms in total. The van der Waals surface area contributed by atoms with Gasteiger partial charge < -0.3 is 15.0 Å². The summed E-state index contributed by atoms with van der Waals surface area (Å²) in [5.41, 5.74) is 1.91. The zero-order chi connectivity index (χ0) is 16.9. The Labute approximate surface area is 145 Å². The number of nitrogens with one attached hydrogen (secondary N) is 1. The highest BCUT2D eigenvalue weighted by Gasteiger charge is 2.21. The third-order valence-electron chi connectivity index (χ3n) is 4.10. The molecule has 1 aliphatic rings. The number of rotatable bonds is 6. The van der Waals surface area contributed by atoms with Crippen LogP contribution in [-0.4, -0.2) is 36.6 Å². The molecular formula is C18H20N2O3S. The van der Waals surface area contributed by atoms with Gasteiger partial charge in [0, 0.05) is 17.1 Å². The van der Waals surface area contributed by atoms with Crippen molar-refractivity contribution in [3.8, 4) is 0 Å². The van der Waals surface area contributed by atoms with Gasteiger partial charge in [-0.1, -0.05) is 18.2 Å². The van der Waals surface area contributed by atoms with Crippen LogP contribution in [0.3, 0.4) is 0 Å². The summed E-state index contributed by atoms with van der Waals surface area (Å²) in [4.78, 5) is 26.4. The van der Waals surface area contributed by atoms with Gasteiger partial charge in [-0.15, -0.1) is 11.3 Å². The lowest BCUT2D eigenvalue weighted by Gasteiger charge is -2.13. The van der Waals surface area contributed by atoms with Gasteiger partial charge in [0.2, 0.25) is 5.91 Å². The minimum atomic E-state index is -0.235. The monoisotopic (exact) mass is 344 g/mol. The number of hydrogen-bond donors (Lipinski definition) is 1. The summed E-state index contributed by atoms with van der Waals surface area (Å²) >= 11 is 1.59. The van der Waals surface area contributed by atoms with Gasteiger partial charge in [0.15, 0.2) is 0 Å². The second kappa shape index (κ2) is 7.49. The lowest BCUT2D eigenvalue weighted by atomic mass is 10.1. The van der Waals surface area contributed by atoms with Gasteiger partial charge in [0.1, 0.15) is 6.61 Å². The molecule has 6 heteroatoms. The lowest BCUT2D eigenvalue weighted by molar-refractivity contribution is -0.117. The highest BCUT2D eigenvalue weighted by molar-refractivity contribution is 7.10. The fraction of sp³-hybridized carbons (Fsp3) is 0.333. The Morgan fingerprint density at radius 2 is 2.12 bits per heavy atom. The first-order chi connectivity index (χ1) is 11.6. The van der Waals surface area contributed by atoms with Crippen molar-refractivity contribution in [2.45, 2.75) is 19.3 Å². The van der Waals surface area contributed by atoms with E-state index in [1.165, 1.54) is 0 Å². The van der Waals surface area contributed by atoms with Gasteiger partial charge in [-0.3, -0.25) is 4.79 Å². The van der Waals surface area contributed by atoms with Crippen molar-refractivity contribution < 1.29 is 14.3 Å². The van der Waals surface area contributed by atoms with Crippen molar-refractivity contribution in [2.24, 2.45) is 0 Å². The molecule has 1 saturated heterocycles. The first-order valence-corrected chi connectivity index (χ1v) is 8.86. The van der Waals surface area contributed by atoms with Crippen LogP contribution in [0.15, 0.2) is 41.8 Å². The fourth-order valence-electron chi connectivity index (χ4n) is 2.56. The Balaban J connectivity index is 1.52. The molecule has 1 atom stereocenters. The van der Waals surface area contributed by atoms with Crippen LogP contribution in [0.25, 0.3) is 0 Å². The van der Waals surface area contributed by atoms with Gasteiger partial charge >= 0.3 is 6.09 Å². The molecule has 0 aliphatic carbocycles. The van der Waals surface area contributed by atoms with Crippen LogP contribution in [0, 0.1) is 0 Å². The third-order valence-corrected chi connectivity index (χ3v) is 5.16. The highest BCUT2D eigenvalue weighted by Crippen LogP contribution is 2.22. The Kier molecular flexibility index (Phi) is 5.15. The van der Waals surface area contributed by atoms with Gasteiger partial charge in [0.05, 0.1) is 12.5 Å². The number of carbonyl (C=O) groups excluding carboxylic acids is 2. The number of nitrogens with zero attached hydrogens (tertiary/aromatic N) is 1. The molecule has 1 aromatic carbocycles. The number of cyclic esters (lactones) is 1. The zero-order valence-electron chi connectivity index (χ0n) is 13.5. The molecule has 0 radical (unpaired) electrons. The number of amides is 2. The van der Waals surface area contributed by atoms with Gasteiger partial charge in [-0.2, -0.15) is 0 Å². The molecule has 126 valence electrons. The van der Waals surface area contributed by atoms with E-state index in [4.69, 9.17) is 4.74 Å². The van der Waals surface area contributed by atoms with E-state index >= 15 is 0 Å². The first-order valence-electron chi connectivity index (χ1n) is 7.98. The first kappa shape index (κ1) is 16.5. The Hall–Kier alpha value is -2.34. The van der Waals surface area contributed by atoms with Crippen LogP contribution < -0.4 is 5.32 Å². The predicted molar refractivity (Wildman–Crippen MR) is 94.4 cm³/mol. The molecule has 2 heterocycles. The van der Waals surface area contributed by atoms with Crippen LogP contribution in [-0.2, 0) is 16.0 Å². The number of ether oxygens (including phenoxy) is 1. The molecule has 2 aromatic rings. The van der Waals surface area contributed by atoms with Crippen LogP contribution in [0.2, 0.25) is 0 Å². The molecule has 1 N–H and O–H groups in total. The average Bonchev–Trinajstić information content (AvgIpc) is 3.25. The van der Waals surface area contributed by atoms with E-state index in [0.717, 1.165) is 22.5 Å². The summed E-state index contributed by atoms with van der Waals surface area (Å²) in [5.74, 6) is -0.170. The number of carbonyl (C=O) groups is 2. The van der Waals surface area contributed by atoms with E-state index in [9.17, 15) is 9.59 Å². The quantitative estimate of drug-likeness (QED) is 0.873. The maximum absolute atomic E-state index is 12.3. The SMILES string of the molecule is CC(C(=O)Nc1ccc(CCN2CCOC2=O)cc1)c1cccs1. The molecule has 1 aliphatic heterocycles. The average molecular weight is 344 g/mol. The van der Waals surface area contributed by atoms with Crippen LogP contribution >= 0.6 is 11.3 Å². The summed E-state index contributed by atoms with van der Waals surface area (Å²) in [5, 5.41) is 4.92. The van der Waals surface area contributed by atoms with Crippen molar-refractivity contribution in [2.75, 3.05) is 25.0 Å². The summed E-state index contributed by atoms with van der Waals surface area (Å²) in [6.07, 6.45) is 0.538. The fourth-order valence-corrected chi connectivity index (χ4v) is 3.35. The summed E-state index contributed by atoms with van der Waals surface area (Å²) in [7, 11) is 0. The van der Waals surface area contributed by atoms with Crippen molar-refractivity contribution in [1.82, 2.24) is 4.90 Å². The van der Waals surface area contributed by atoms with Crippen LogP contribution in [0.4, 0.5) is 10.5 Å². The second-order valence-corrected chi connectivity index (χ2v) is 6.75. The Bertz CT molecular complexity index is 698. The second-order valence-electron chi connectivity index (χ2n) is 5.77. The summed E-state index contributed by atoms with van der Waals surface area (Å²) in [6, 6.07) is 11.7. The molecule has 3 rings (SSSR count).